The normalized spacial score (nSPS) is 16.5. The van der Waals surface area contributed by atoms with Crippen LogP contribution in [0, 0.1) is 0 Å². The lowest BCUT2D eigenvalue weighted by Gasteiger charge is -2.06. The van der Waals surface area contributed by atoms with Gasteiger partial charge in [-0.25, -0.2) is 0 Å². The topological polar surface area (TPSA) is 26.3 Å². The molecule has 0 unspecified atom stereocenters. The van der Waals surface area contributed by atoms with Crippen molar-refractivity contribution in [2.24, 2.45) is 0 Å². The summed E-state index contributed by atoms with van der Waals surface area (Å²) in [6.07, 6.45) is 6.12. The first-order chi connectivity index (χ1) is 3.97. The maximum absolute atomic E-state index is 4.66. The minimum atomic E-state index is 0.913. The van der Waals surface area contributed by atoms with E-state index in [0.717, 1.165) is 24.4 Å². The molecule has 2 nitrogen and oxygen atoms in total. The predicted molar refractivity (Wildman–Crippen MR) is 28.3 cm³/mol. The molecule has 42 valence electrons. The van der Waals surface area contributed by atoms with Gasteiger partial charge in [-0.05, 0) is 12.5 Å². The average Bonchev–Trinajstić information content (AvgIpc) is 1.72. The highest BCUT2D eigenvalue weighted by atomic mass is 17.0. The lowest BCUT2D eigenvalue weighted by molar-refractivity contribution is -0.0211. The summed E-state index contributed by atoms with van der Waals surface area (Å²) in [4.78, 5) is 0. The largest absolute Gasteiger partial charge is 0.290 e. The fraction of sp³-hybridized carbons (Fsp3) is 0.333. The number of hydrogen-bond acceptors (Lipinski definition) is 2. The molecule has 1 aliphatic rings. The summed E-state index contributed by atoms with van der Waals surface area (Å²) in [5, 5.41) is 0. The van der Waals surface area contributed by atoms with Gasteiger partial charge in [-0.3, -0.25) is 9.15 Å². The first-order valence-corrected chi connectivity index (χ1v) is 2.71. The second-order valence-corrected chi connectivity index (χ2v) is 1.90. The molecule has 1 heterocycles. The molecule has 0 aromatic carbocycles. The van der Waals surface area contributed by atoms with Gasteiger partial charge in [0.05, 0.1) is 0 Å². The van der Waals surface area contributed by atoms with Crippen LogP contribution in [0.3, 0.4) is 0 Å². The molecule has 8 heavy (non-hydrogen) atoms. The summed E-state index contributed by atoms with van der Waals surface area (Å²) in [6.45, 7) is 0. The summed E-state index contributed by atoms with van der Waals surface area (Å²) in [5.74, 6) is 1.92. The van der Waals surface area contributed by atoms with Crippen LogP contribution in [0.25, 0.3) is 6.08 Å². The lowest BCUT2D eigenvalue weighted by Crippen LogP contribution is -1.95. The second-order valence-electron chi connectivity index (χ2n) is 1.90. The third kappa shape index (κ3) is 0.372. The highest BCUT2D eigenvalue weighted by Gasteiger charge is 2.13. The van der Waals surface area contributed by atoms with E-state index < -0.39 is 0 Å². The van der Waals surface area contributed by atoms with E-state index in [-0.39, 0.29) is 0 Å². The van der Waals surface area contributed by atoms with Gasteiger partial charge in [0.1, 0.15) is 0 Å². The number of fused-ring (bicyclic) bond motifs is 1. The molecule has 2 rings (SSSR count). The second kappa shape index (κ2) is 1.28. The number of aryl methyl sites for hydroxylation is 1. The van der Waals surface area contributed by atoms with Crippen molar-refractivity contribution in [1.29, 1.82) is 0 Å². The minimum Gasteiger partial charge on any atom is -0.290 e. The zero-order valence-electron chi connectivity index (χ0n) is 4.39. The summed E-state index contributed by atoms with van der Waals surface area (Å²) >= 11 is 0. The zero-order valence-corrected chi connectivity index (χ0v) is 4.39. The van der Waals surface area contributed by atoms with Crippen LogP contribution in [0.5, 0.6) is 0 Å². The standard InChI is InChI=1S/C6H6O2/c1-2-4-6-5(3-1)7-8-6/h1,3H,2,4H2. The lowest BCUT2D eigenvalue weighted by atomic mass is 10.1. The molecule has 0 aliphatic heterocycles. The van der Waals surface area contributed by atoms with Crippen molar-refractivity contribution in [2.45, 2.75) is 12.8 Å². The van der Waals surface area contributed by atoms with Gasteiger partial charge >= 0.3 is 0 Å². The molecule has 0 radical (unpaired) electrons. The third-order valence-corrected chi connectivity index (χ3v) is 1.31. The average molecular weight is 110 g/mol. The zero-order chi connectivity index (χ0) is 5.40. The van der Waals surface area contributed by atoms with Crippen LogP contribution >= 0.6 is 0 Å². The summed E-state index contributed by atoms with van der Waals surface area (Å²) in [7, 11) is 0. The highest BCUT2D eigenvalue weighted by molar-refractivity contribution is 5.46. The van der Waals surface area contributed by atoms with Crippen molar-refractivity contribution in [3.05, 3.63) is 17.6 Å². The van der Waals surface area contributed by atoms with E-state index >= 15 is 0 Å². The van der Waals surface area contributed by atoms with E-state index in [1.807, 2.05) is 6.08 Å². The smallest absolute Gasteiger partial charge is 0.221 e. The molecule has 1 aliphatic carbocycles. The molecule has 2 heteroatoms. The molecule has 0 N–H and O–H groups in total. The summed E-state index contributed by atoms with van der Waals surface area (Å²) in [6, 6.07) is 0. The van der Waals surface area contributed by atoms with Crippen molar-refractivity contribution in [3.8, 4) is 0 Å². The van der Waals surface area contributed by atoms with E-state index in [4.69, 9.17) is 0 Å². The Balaban J connectivity index is 2.42. The SMILES string of the molecule is C1=Cc2ooc2CC1. The molecular weight excluding hydrogens is 104 g/mol. The molecule has 0 spiro atoms. The van der Waals surface area contributed by atoms with Crippen molar-refractivity contribution in [2.75, 3.05) is 0 Å². The van der Waals surface area contributed by atoms with Crippen LogP contribution in [0.2, 0.25) is 0 Å². The Labute approximate surface area is 46.7 Å². The van der Waals surface area contributed by atoms with Crippen LogP contribution < -0.4 is 0 Å². The number of rotatable bonds is 0. The third-order valence-electron chi connectivity index (χ3n) is 1.31. The fourth-order valence-electron chi connectivity index (χ4n) is 0.839. The van der Waals surface area contributed by atoms with E-state index in [2.05, 4.69) is 15.2 Å². The van der Waals surface area contributed by atoms with Crippen molar-refractivity contribution < 1.29 is 9.15 Å². The maximum Gasteiger partial charge on any atom is 0.221 e. The molecule has 1 aromatic heterocycles. The molecular formula is C6H6O2. The Morgan fingerprint density at radius 3 is 2.75 bits per heavy atom. The van der Waals surface area contributed by atoms with E-state index in [1.54, 1.807) is 0 Å². The summed E-state index contributed by atoms with van der Waals surface area (Å²) < 4.78 is 9.29. The molecule has 0 atom stereocenters. The van der Waals surface area contributed by atoms with E-state index in [9.17, 15) is 0 Å². The van der Waals surface area contributed by atoms with Crippen molar-refractivity contribution in [3.63, 3.8) is 0 Å². The molecule has 1 aromatic rings. The van der Waals surface area contributed by atoms with Crippen LogP contribution in [-0.4, -0.2) is 0 Å². The Morgan fingerprint density at radius 1 is 1.38 bits per heavy atom. The first kappa shape index (κ1) is 4.01. The van der Waals surface area contributed by atoms with Gasteiger partial charge in [0.2, 0.25) is 11.5 Å². The van der Waals surface area contributed by atoms with E-state index in [1.165, 1.54) is 0 Å². The van der Waals surface area contributed by atoms with E-state index in [0.29, 0.717) is 0 Å². The summed E-state index contributed by atoms with van der Waals surface area (Å²) in [5.41, 5.74) is 0. The van der Waals surface area contributed by atoms with Gasteiger partial charge in [0, 0.05) is 6.42 Å². The van der Waals surface area contributed by atoms with Crippen LogP contribution in [0.15, 0.2) is 15.2 Å². The predicted octanol–water partition coefficient (Wildman–Crippen LogP) is 1.83. The Bertz CT molecular complexity index is 205. The minimum absolute atomic E-state index is 0.913. The van der Waals surface area contributed by atoms with Crippen LogP contribution in [0.4, 0.5) is 0 Å². The van der Waals surface area contributed by atoms with Crippen LogP contribution in [-0.2, 0) is 6.42 Å². The van der Waals surface area contributed by atoms with Crippen molar-refractivity contribution >= 4 is 6.08 Å². The quantitative estimate of drug-likeness (QED) is 0.476. The van der Waals surface area contributed by atoms with Gasteiger partial charge in [-0.15, -0.1) is 0 Å². The monoisotopic (exact) mass is 110 g/mol. The molecule has 0 bridgehead atoms. The first-order valence-electron chi connectivity index (χ1n) is 2.71. The van der Waals surface area contributed by atoms with Crippen LogP contribution in [0.1, 0.15) is 17.9 Å². The number of allylic oxidation sites excluding steroid dienone is 1. The molecule has 0 fully saturated rings. The Morgan fingerprint density at radius 2 is 2.38 bits per heavy atom. The van der Waals surface area contributed by atoms with Crippen molar-refractivity contribution in [1.82, 2.24) is 0 Å². The Kier molecular flexibility index (Phi) is 0.640. The molecule has 0 saturated heterocycles. The fourth-order valence-corrected chi connectivity index (χ4v) is 0.839. The maximum atomic E-state index is 4.66. The molecule has 0 saturated carbocycles. The molecule has 0 amide bonds. The Hall–Kier alpha value is -0.920. The van der Waals surface area contributed by atoms with Gasteiger partial charge in [0.15, 0.2) is 0 Å². The van der Waals surface area contributed by atoms with Gasteiger partial charge in [-0.2, -0.15) is 0 Å². The number of hydrogen-bond donors (Lipinski definition) is 0. The highest BCUT2D eigenvalue weighted by Crippen LogP contribution is 2.21. The van der Waals surface area contributed by atoms with Gasteiger partial charge in [0.25, 0.3) is 0 Å². The van der Waals surface area contributed by atoms with Gasteiger partial charge < -0.3 is 0 Å². The van der Waals surface area contributed by atoms with Gasteiger partial charge in [-0.1, -0.05) is 6.08 Å².